The van der Waals surface area contributed by atoms with Crippen LogP contribution in [-0.4, -0.2) is 0 Å². The molecule has 0 aliphatic rings. The monoisotopic (exact) mass is 269 g/mol. The van der Waals surface area contributed by atoms with E-state index < -0.39 is 0 Å². The summed E-state index contributed by atoms with van der Waals surface area (Å²) in [4.78, 5) is 0. The van der Waals surface area contributed by atoms with Crippen LogP contribution in [0.15, 0.2) is 24.3 Å². The van der Waals surface area contributed by atoms with E-state index in [9.17, 15) is 0 Å². The van der Waals surface area contributed by atoms with Gasteiger partial charge in [0.05, 0.1) is 0 Å². The average molecular weight is 269 g/mol. The van der Waals surface area contributed by atoms with Crippen LogP contribution >= 0.6 is 12.6 Å². The highest BCUT2D eigenvalue weighted by Crippen LogP contribution is 2.24. The summed E-state index contributed by atoms with van der Waals surface area (Å²) in [7, 11) is 0. The van der Waals surface area contributed by atoms with Crippen molar-refractivity contribution in [3.05, 3.63) is 35.4 Å². The number of nitrogens with two attached hydrogens (primary N) is 1. The molecular formula is C16H31NS. The Balaban J connectivity index is 0. The highest BCUT2D eigenvalue weighted by molar-refractivity contribution is 7.80. The van der Waals surface area contributed by atoms with Gasteiger partial charge in [-0.2, -0.15) is 12.6 Å². The van der Waals surface area contributed by atoms with E-state index in [4.69, 9.17) is 5.73 Å². The molecule has 0 aliphatic carbocycles. The molecule has 0 spiro atoms. The van der Waals surface area contributed by atoms with Crippen molar-refractivity contribution in [2.45, 2.75) is 65.7 Å². The molecule has 106 valence electrons. The van der Waals surface area contributed by atoms with Crippen LogP contribution in [0.25, 0.3) is 0 Å². The maximum atomic E-state index is 5.93. The summed E-state index contributed by atoms with van der Waals surface area (Å²) in [6.45, 7) is 12.2. The molecule has 1 aromatic rings. The van der Waals surface area contributed by atoms with E-state index in [1.165, 1.54) is 11.1 Å². The third kappa shape index (κ3) is 7.07. The lowest BCUT2D eigenvalue weighted by Gasteiger charge is -2.12. The number of rotatable bonds is 4. The van der Waals surface area contributed by atoms with Crippen LogP contribution < -0.4 is 5.73 Å². The molecule has 2 N–H and O–H groups in total. The van der Waals surface area contributed by atoms with Crippen molar-refractivity contribution in [3.63, 3.8) is 0 Å². The third-order valence-corrected chi connectivity index (χ3v) is 3.24. The Labute approximate surface area is 120 Å². The van der Waals surface area contributed by atoms with Gasteiger partial charge in [-0.3, -0.25) is 0 Å². The predicted octanol–water partition coefficient (Wildman–Crippen LogP) is 5.53. The van der Waals surface area contributed by atoms with Crippen molar-refractivity contribution in [1.29, 1.82) is 0 Å². The fraction of sp³-hybridized carbons (Fsp3) is 0.625. The van der Waals surface area contributed by atoms with E-state index >= 15 is 0 Å². The van der Waals surface area contributed by atoms with Gasteiger partial charge >= 0.3 is 0 Å². The summed E-state index contributed by atoms with van der Waals surface area (Å²) in [5.41, 5.74) is 8.43. The molecule has 0 heterocycles. The molecule has 2 atom stereocenters. The van der Waals surface area contributed by atoms with Crippen LogP contribution in [0.4, 0.5) is 0 Å². The first-order valence-electron chi connectivity index (χ1n) is 7.22. The SMILES string of the molecule is CC.CC.CCC(N)c1ccc(C(S)CC)cc1. The largest absolute Gasteiger partial charge is 0.324 e. The van der Waals surface area contributed by atoms with Gasteiger partial charge in [0, 0.05) is 11.3 Å². The summed E-state index contributed by atoms with van der Waals surface area (Å²) in [5.74, 6) is 0. The summed E-state index contributed by atoms with van der Waals surface area (Å²) in [5, 5.41) is 0.349. The number of thiol groups is 1. The van der Waals surface area contributed by atoms with Crippen molar-refractivity contribution < 1.29 is 0 Å². The molecule has 0 aliphatic heterocycles. The smallest absolute Gasteiger partial charge is 0.0292 e. The standard InChI is InChI=1S/C12H19NS.2C2H6/c1-3-11(13)9-5-7-10(8-6-9)12(14)4-2;2*1-2/h5-8,11-12,14H,3-4,13H2,1-2H3;2*1-2H3. The average Bonchev–Trinajstić information content (AvgIpc) is 2.49. The number of benzene rings is 1. The molecule has 0 fully saturated rings. The summed E-state index contributed by atoms with van der Waals surface area (Å²) in [6, 6.07) is 8.66. The second-order valence-corrected chi connectivity index (χ2v) is 4.23. The van der Waals surface area contributed by atoms with Crippen LogP contribution in [-0.2, 0) is 0 Å². The van der Waals surface area contributed by atoms with Gasteiger partial charge in [0.1, 0.15) is 0 Å². The zero-order valence-electron chi connectivity index (χ0n) is 12.9. The number of hydrogen-bond donors (Lipinski definition) is 2. The van der Waals surface area contributed by atoms with Gasteiger partial charge < -0.3 is 5.73 Å². The second-order valence-electron chi connectivity index (χ2n) is 3.61. The van der Waals surface area contributed by atoms with Gasteiger partial charge in [-0.25, -0.2) is 0 Å². The molecule has 2 heteroatoms. The summed E-state index contributed by atoms with van der Waals surface area (Å²) >= 11 is 4.50. The highest BCUT2D eigenvalue weighted by Gasteiger charge is 2.05. The van der Waals surface area contributed by atoms with E-state index in [1.807, 2.05) is 27.7 Å². The Hall–Kier alpha value is -0.470. The van der Waals surface area contributed by atoms with Crippen molar-refractivity contribution in [1.82, 2.24) is 0 Å². The minimum absolute atomic E-state index is 0.170. The molecule has 18 heavy (non-hydrogen) atoms. The predicted molar refractivity (Wildman–Crippen MR) is 88.4 cm³/mol. The van der Waals surface area contributed by atoms with Gasteiger partial charge in [-0.05, 0) is 24.0 Å². The van der Waals surface area contributed by atoms with Gasteiger partial charge in [0.2, 0.25) is 0 Å². The van der Waals surface area contributed by atoms with Crippen molar-refractivity contribution >= 4 is 12.6 Å². The molecule has 0 aromatic heterocycles. The van der Waals surface area contributed by atoms with Crippen LogP contribution in [0, 0.1) is 0 Å². The Morgan fingerprint density at radius 3 is 1.61 bits per heavy atom. The Kier molecular flexibility index (Phi) is 14.3. The Bertz CT molecular complexity index is 240. The summed E-state index contributed by atoms with van der Waals surface area (Å²) in [6.07, 6.45) is 2.04. The van der Waals surface area contributed by atoms with Crippen LogP contribution in [0.2, 0.25) is 0 Å². The zero-order chi connectivity index (χ0) is 14.6. The molecule has 1 aromatic carbocycles. The first-order valence-corrected chi connectivity index (χ1v) is 7.74. The normalized spacial score (nSPS) is 12.4. The minimum Gasteiger partial charge on any atom is -0.324 e. The lowest BCUT2D eigenvalue weighted by atomic mass is 10.0. The van der Waals surface area contributed by atoms with Crippen LogP contribution in [0.5, 0.6) is 0 Å². The lowest BCUT2D eigenvalue weighted by Crippen LogP contribution is -2.08. The van der Waals surface area contributed by atoms with Gasteiger partial charge in [0.15, 0.2) is 0 Å². The van der Waals surface area contributed by atoms with Crippen LogP contribution in [0.3, 0.4) is 0 Å². The number of hydrogen-bond acceptors (Lipinski definition) is 2. The Morgan fingerprint density at radius 1 is 0.889 bits per heavy atom. The van der Waals surface area contributed by atoms with Gasteiger partial charge in [-0.1, -0.05) is 65.8 Å². The molecule has 2 unspecified atom stereocenters. The molecular weight excluding hydrogens is 238 g/mol. The third-order valence-electron chi connectivity index (χ3n) is 2.58. The van der Waals surface area contributed by atoms with E-state index in [-0.39, 0.29) is 6.04 Å². The highest BCUT2D eigenvalue weighted by atomic mass is 32.1. The molecule has 1 nitrogen and oxygen atoms in total. The van der Waals surface area contributed by atoms with E-state index in [2.05, 4.69) is 50.7 Å². The zero-order valence-corrected chi connectivity index (χ0v) is 13.8. The lowest BCUT2D eigenvalue weighted by molar-refractivity contribution is 0.698. The molecule has 1 rings (SSSR count). The fourth-order valence-corrected chi connectivity index (χ4v) is 1.61. The topological polar surface area (TPSA) is 26.0 Å². The molecule has 0 amide bonds. The molecule has 0 saturated carbocycles. The fourth-order valence-electron chi connectivity index (χ4n) is 1.44. The van der Waals surface area contributed by atoms with Crippen molar-refractivity contribution in [3.8, 4) is 0 Å². The molecule has 0 radical (unpaired) electrons. The summed E-state index contributed by atoms with van der Waals surface area (Å²) < 4.78 is 0. The van der Waals surface area contributed by atoms with Crippen molar-refractivity contribution in [2.24, 2.45) is 5.73 Å². The van der Waals surface area contributed by atoms with Crippen molar-refractivity contribution in [2.75, 3.05) is 0 Å². The van der Waals surface area contributed by atoms with Gasteiger partial charge in [0.25, 0.3) is 0 Å². The molecule has 0 bridgehead atoms. The minimum atomic E-state index is 0.170. The maximum Gasteiger partial charge on any atom is 0.0292 e. The van der Waals surface area contributed by atoms with E-state index in [0.717, 1.165) is 12.8 Å². The Morgan fingerprint density at radius 2 is 1.28 bits per heavy atom. The molecule has 0 saturated heterocycles. The maximum absolute atomic E-state index is 5.93. The first-order chi connectivity index (χ1) is 8.69. The van der Waals surface area contributed by atoms with Gasteiger partial charge in [-0.15, -0.1) is 0 Å². The van der Waals surface area contributed by atoms with E-state index in [1.54, 1.807) is 0 Å². The van der Waals surface area contributed by atoms with E-state index in [0.29, 0.717) is 5.25 Å². The second kappa shape index (κ2) is 13.0. The first kappa shape index (κ1) is 19.9. The quantitative estimate of drug-likeness (QED) is 0.691. The van der Waals surface area contributed by atoms with Crippen LogP contribution in [0.1, 0.15) is 76.8 Å².